The van der Waals surface area contributed by atoms with E-state index in [1.807, 2.05) is 0 Å². The smallest absolute Gasteiger partial charge is 0.274 e. The van der Waals surface area contributed by atoms with E-state index in [2.05, 4.69) is 0 Å². The lowest BCUT2D eigenvalue weighted by atomic mass is 10.1. The summed E-state index contributed by atoms with van der Waals surface area (Å²) in [5.74, 6) is -0.720. The number of carbonyl (C=O) groups excluding carboxylic acids is 2. The van der Waals surface area contributed by atoms with Gasteiger partial charge in [0.1, 0.15) is 0 Å². The van der Waals surface area contributed by atoms with Gasteiger partial charge in [-0.25, -0.2) is 0 Å². The third kappa shape index (κ3) is 3.18. The van der Waals surface area contributed by atoms with Crippen LogP contribution in [0.3, 0.4) is 0 Å². The Bertz CT molecular complexity index is 490. The van der Waals surface area contributed by atoms with Crippen molar-refractivity contribution in [2.75, 3.05) is 6.54 Å². The fourth-order valence-corrected chi connectivity index (χ4v) is 2.21. The Hall–Kier alpha value is -1.85. The summed E-state index contributed by atoms with van der Waals surface area (Å²) in [7, 11) is 0. The number of carbonyl (C=O) groups is 2. The second-order valence-electron chi connectivity index (χ2n) is 4.73. The molecule has 6 heteroatoms. The van der Waals surface area contributed by atoms with Crippen molar-refractivity contribution in [1.82, 2.24) is 4.90 Å². The number of hydrogen-bond donors (Lipinski definition) is 0. The van der Waals surface area contributed by atoms with Crippen molar-refractivity contribution in [3.63, 3.8) is 0 Å². The van der Waals surface area contributed by atoms with Crippen LogP contribution in [0.4, 0.5) is 13.2 Å². The number of amides is 2. The number of unbranched alkanes of at least 4 members (excludes halogenated alkanes) is 2. The molecule has 0 fully saturated rings. The minimum Gasteiger partial charge on any atom is -0.274 e. The van der Waals surface area contributed by atoms with Crippen molar-refractivity contribution in [3.05, 3.63) is 35.4 Å². The zero-order valence-corrected chi connectivity index (χ0v) is 10.7. The summed E-state index contributed by atoms with van der Waals surface area (Å²) >= 11 is 0. The molecule has 108 valence electrons. The molecule has 0 unspecified atom stereocenters. The van der Waals surface area contributed by atoms with Gasteiger partial charge in [-0.1, -0.05) is 18.6 Å². The zero-order valence-electron chi connectivity index (χ0n) is 10.7. The van der Waals surface area contributed by atoms with Crippen LogP contribution in [0, 0.1) is 0 Å². The molecule has 0 saturated heterocycles. The summed E-state index contributed by atoms with van der Waals surface area (Å²) in [4.78, 5) is 25.0. The average Bonchev–Trinajstić information content (AvgIpc) is 2.62. The number of hydrogen-bond acceptors (Lipinski definition) is 2. The van der Waals surface area contributed by atoms with Gasteiger partial charge in [-0.05, 0) is 25.0 Å². The average molecular weight is 285 g/mol. The minimum atomic E-state index is -4.14. The fourth-order valence-electron chi connectivity index (χ4n) is 2.21. The first-order chi connectivity index (χ1) is 9.40. The van der Waals surface area contributed by atoms with E-state index in [1.165, 1.54) is 0 Å². The first-order valence-corrected chi connectivity index (χ1v) is 6.42. The van der Waals surface area contributed by atoms with Crippen molar-refractivity contribution in [2.45, 2.75) is 31.9 Å². The Balaban J connectivity index is 1.84. The number of rotatable bonds is 5. The summed E-state index contributed by atoms with van der Waals surface area (Å²) in [5, 5.41) is 0. The Morgan fingerprint density at radius 3 is 1.95 bits per heavy atom. The second-order valence-corrected chi connectivity index (χ2v) is 4.73. The van der Waals surface area contributed by atoms with E-state index >= 15 is 0 Å². The van der Waals surface area contributed by atoms with E-state index < -0.39 is 12.6 Å². The quantitative estimate of drug-likeness (QED) is 0.614. The van der Waals surface area contributed by atoms with E-state index in [4.69, 9.17) is 0 Å². The highest BCUT2D eigenvalue weighted by Gasteiger charge is 2.34. The van der Waals surface area contributed by atoms with Crippen LogP contribution in [-0.4, -0.2) is 29.4 Å². The molecule has 2 amide bonds. The highest BCUT2D eigenvalue weighted by Crippen LogP contribution is 2.24. The summed E-state index contributed by atoms with van der Waals surface area (Å²) in [6.07, 6.45) is -4.22. The molecule has 2 rings (SSSR count). The second kappa shape index (κ2) is 5.64. The molecule has 0 atom stereocenters. The molecule has 1 aliphatic heterocycles. The molecule has 0 radical (unpaired) electrons. The van der Waals surface area contributed by atoms with Crippen LogP contribution in [-0.2, 0) is 0 Å². The normalized spacial score (nSPS) is 14.8. The van der Waals surface area contributed by atoms with Gasteiger partial charge in [-0.2, -0.15) is 13.2 Å². The maximum atomic E-state index is 12.0. The highest BCUT2D eigenvalue weighted by molar-refractivity contribution is 6.21. The van der Waals surface area contributed by atoms with Gasteiger partial charge in [0.15, 0.2) is 0 Å². The van der Waals surface area contributed by atoms with Crippen LogP contribution < -0.4 is 0 Å². The number of nitrogens with zero attached hydrogens (tertiary/aromatic N) is 1. The van der Waals surface area contributed by atoms with Crippen LogP contribution in [0.15, 0.2) is 24.3 Å². The number of imide groups is 1. The summed E-state index contributed by atoms with van der Waals surface area (Å²) in [6.45, 7) is 0.171. The number of alkyl halides is 3. The van der Waals surface area contributed by atoms with Crippen molar-refractivity contribution >= 4 is 11.8 Å². The molecule has 0 bridgehead atoms. The van der Waals surface area contributed by atoms with Gasteiger partial charge in [-0.3, -0.25) is 14.5 Å². The standard InChI is InChI=1S/C14H14F3NO2/c15-14(16,17)8-4-1-5-9-18-12(19)10-6-2-3-7-11(10)13(18)20/h2-3,6-7H,1,4-5,8-9H2. The third-order valence-electron chi connectivity index (χ3n) is 3.22. The highest BCUT2D eigenvalue weighted by atomic mass is 19.4. The Kier molecular flexibility index (Phi) is 4.11. The number of halogens is 3. The molecular weight excluding hydrogens is 271 g/mol. The van der Waals surface area contributed by atoms with Gasteiger partial charge >= 0.3 is 6.18 Å². The van der Waals surface area contributed by atoms with Gasteiger partial charge in [0.2, 0.25) is 0 Å². The van der Waals surface area contributed by atoms with E-state index in [0.717, 1.165) is 4.90 Å². The van der Waals surface area contributed by atoms with Crippen molar-refractivity contribution in [2.24, 2.45) is 0 Å². The maximum Gasteiger partial charge on any atom is 0.389 e. The molecule has 0 saturated carbocycles. The molecular formula is C14H14F3NO2. The Morgan fingerprint density at radius 1 is 0.900 bits per heavy atom. The van der Waals surface area contributed by atoms with Crippen LogP contribution in [0.2, 0.25) is 0 Å². The number of fused-ring (bicyclic) bond motifs is 1. The summed E-state index contributed by atoms with van der Waals surface area (Å²) < 4.78 is 35.9. The van der Waals surface area contributed by atoms with Gasteiger partial charge < -0.3 is 0 Å². The molecule has 1 heterocycles. The molecule has 1 aromatic carbocycles. The van der Waals surface area contributed by atoms with Crippen LogP contribution in [0.5, 0.6) is 0 Å². The molecule has 1 aliphatic rings. The lowest BCUT2D eigenvalue weighted by Gasteiger charge is -2.13. The van der Waals surface area contributed by atoms with E-state index in [1.54, 1.807) is 24.3 Å². The Morgan fingerprint density at radius 2 is 1.45 bits per heavy atom. The lowest BCUT2D eigenvalue weighted by Crippen LogP contribution is -2.30. The summed E-state index contributed by atoms with van der Waals surface area (Å²) in [6, 6.07) is 6.52. The van der Waals surface area contributed by atoms with E-state index in [9.17, 15) is 22.8 Å². The van der Waals surface area contributed by atoms with E-state index in [0.29, 0.717) is 24.0 Å². The van der Waals surface area contributed by atoms with Gasteiger partial charge in [0.05, 0.1) is 11.1 Å². The fraction of sp³-hybridized carbons (Fsp3) is 0.429. The minimum absolute atomic E-state index is 0.0205. The zero-order chi connectivity index (χ0) is 14.8. The molecule has 20 heavy (non-hydrogen) atoms. The van der Waals surface area contributed by atoms with Crippen LogP contribution in [0.25, 0.3) is 0 Å². The first-order valence-electron chi connectivity index (χ1n) is 6.42. The van der Waals surface area contributed by atoms with Gasteiger partial charge in [0.25, 0.3) is 11.8 Å². The molecule has 0 aromatic heterocycles. The predicted molar refractivity (Wildman–Crippen MR) is 66.3 cm³/mol. The lowest BCUT2D eigenvalue weighted by molar-refractivity contribution is -0.135. The van der Waals surface area contributed by atoms with Crippen LogP contribution >= 0.6 is 0 Å². The largest absolute Gasteiger partial charge is 0.389 e. The Labute approximate surface area is 114 Å². The SMILES string of the molecule is O=C1c2ccccc2C(=O)N1CCCCCC(F)(F)F. The van der Waals surface area contributed by atoms with E-state index in [-0.39, 0.29) is 24.8 Å². The van der Waals surface area contributed by atoms with Crippen LogP contribution in [0.1, 0.15) is 46.4 Å². The molecule has 3 nitrogen and oxygen atoms in total. The predicted octanol–water partition coefficient (Wildman–Crippen LogP) is 3.41. The first kappa shape index (κ1) is 14.6. The molecule has 0 aliphatic carbocycles. The van der Waals surface area contributed by atoms with Crippen molar-refractivity contribution < 1.29 is 22.8 Å². The molecule has 1 aromatic rings. The van der Waals surface area contributed by atoms with Gasteiger partial charge in [0, 0.05) is 13.0 Å². The molecule has 0 N–H and O–H groups in total. The molecule has 0 spiro atoms. The maximum absolute atomic E-state index is 12.0. The third-order valence-corrected chi connectivity index (χ3v) is 3.22. The number of benzene rings is 1. The monoisotopic (exact) mass is 285 g/mol. The van der Waals surface area contributed by atoms with Crippen molar-refractivity contribution in [1.29, 1.82) is 0 Å². The summed E-state index contributed by atoms with van der Waals surface area (Å²) in [5.41, 5.74) is 0.737. The van der Waals surface area contributed by atoms with Crippen molar-refractivity contribution in [3.8, 4) is 0 Å². The van der Waals surface area contributed by atoms with Gasteiger partial charge in [-0.15, -0.1) is 0 Å². The topological polar surface area (TPSA) is 37.4 Å².